The van der Waals surface area contributed by atoms with E-state index in [4.69, 9.17) is 20.1 Å². The molecule has 1 saturated heterocycles. The molecule has 0 bridgehead atoms. The first kappa shape index (κ1) is 28.2. The Morgan fingerprint density at radius 2 is 1.59 bits per heavy atom. The Hall–Kier alpha value is -1.81. The average Bonchev–Trinajstić information content (AvgIpc) is 2.73. The Morgan fingerprint density at radius 3 is 2.16 bits per heavy atom. The van der Waals surface area contributed by atoms with Crippen LogP contribution in [0.4, 0.5) is 13.2 Å². The SMILES string of the molecule is N/N=C(\C=NCCOCCOCCOCCNC(=O)C(F)(F)F)CN1CCS(=O)(=O)CC1. The van der Waals surface area contributed by atoms with E-state index in [1.165, 1.54) is 6.21 Å². The molecule has 3 N–H and O–H groups in total. The van der Waals surface area contributed by atoms with Crippen LogP contribution < -0.4 is 11.2 Å². The van der Waals surface area contributed by atoms with Crippen LogP contribution in [-0.4, -0.2) is 121 Å². The lowest BCUT2D eigenvalue weighted by atomic mass is 10.3. The first-order chi connectivity index (χ1) is 15.1. The molecule has 0 aliphatic carbocycles. The third-order valence-electron chi connectivity index (χ3n) is 4.13. The van der Waals surface area contributed by atoms with Gasteiger partial charge in [0.15, 0.2) is 9.84 Å². The number of nitrogens with two attached hydrogens (primary N) is 1. The van der Waals surface area contributed by atoms with Gasteiger partial charge in [-0.25, -0.2) is 8.42 Å². The van der Waals surface area contributed by atoms with Crippen LogP contribution in [0.2, 0.25) is 0 Å². The van der Waals surface area contributed by atoms with Crippen LogP contribution in [0.25, 0.3) is 0 Å². The van der Waals surface area contributed by atoms with Crippen molar-refractivity contribution in [2.45, 2.75) is 6.18 Å². The van der Waals surface area contributed by atoms with Gasteiger partial charge in [-0.2, -0.15) is 18.3 Å². The fraction of sp³-hybridized carbons (Fsp3) is 0.824. The number of halogens is 3. The number of nitrogens with one attached hydrogen (secondary N) is 1. The van der Waals surface area contributed by atoms with Crippen LogP contribution >= 0.6 is 0 Å². The normalized spacial score (nSPS) is 17.7. The molecule has 0 atom stereocenters. The molecular formula is C17H30F3N5O6S. The molecule has 0 saturated carbocycles. The van der Waals surface area contributed by atoms with Gasteiger partial charge in [0.05, 0.1) is 63.4 Å². The molecule has 11 nitrogen and oxygen atoms in total. The Labute approximate surface area is 185 Å². The molecule has 0 aromatic carbocycles. The van der Waals surface area contributed by atoms with E-state index in [-0.39, 0.29) is 37.9 Å². The molecule has 15 heteroatoms. The number of sulfone groups is 1. The molecule has 0 radical (unpaired) electrons. The van der Waals surface area contributed by atoms with Gasteiger partial charge in [0, 0.05) is 32.4 Å². The largest absolute Gasteiger partial charge is 0.471 e. The third kappa shape index (κ3) is 13.6. The Kier molecular flexibility index (Phi) is 13.3. The zero-order valence-corrected chi connectivity index (χ0v) is 18.5. The summed E-state index contributed by atoms with van der Waals surface area (Å²) in [5.41, 5.74) is 0.547. The molecule has 0 unspecified atom stereocenters. The summed E-state index contributed by atoms with van der Waals surface area (Å²) in [6, 6.07) is 0. The van der Waals surface area contributed by atoms with Crippen molar-refractivity contribution in [2.75, 3.05) is 83.9 Å². The molecule has 0 aromatic heterocycles. The quantitative estimate of drug-likeness (QED) is 0.127. The van der Waals surface area contributed by atoms with Crippen LogP contribution in [-0.2, 0) is 28.8 Å². The minimum absolute atomic E-state index is 0.0510. The lowest BCUT2D eigenvalue weighted by molar-refractivity contribution is -0.173. The van der Waals surface area contributed by atoms with Crippen molar-refractivity contribution in [3.05, 3.63) is 0 Å². The highest BCUT2D eigenvalue weighted by atomic mass is 32.2. The number of hydrogen-bond donors (Lipinski definition) is 2. The summed E-state index contributed by atoms with van der Waals surface area (Å²) in [4.78, 5) is 16.7. The predicted molar refractivity (Wildman–Crippen MR) is 112 cm³/mol. The van der Waals surface area contributed by atoms with E-state index in [9.17, 15) is 26.4 Å². The number of alkyl halides is 3. The van der Waals surface area contributed by atoms with Gasteiger partial charge >= 0.3 is 12.1 Å². The number of carbonyl (C=O) groups is 1. The second kappa shape index (κ2) is 15.1. The van der Waals surface area contributed by atoms with Crippen molar-refractivity contribution in [1.82, 2.24) is 10.2 Å². The highest BCUT2D eigenvalue weighted by molar-refractivity contribution is 7.91. The van der Waals surface area contributed by atoms with Gasteiger partial charge < -0.3 is 25.4 Å². The van der Waals surface area contributed by atoms with Crippen LogP contribution in [0.15, 0.2) is 10.1 Å². The summed E-state index contributed by atoms with van der Waals surface area (Å²) in [6.45, 7) is 2.83. The number of ether oxygens (including phenoxy) is 3. The summed E-state index contributed by atoms with van der Waals surface area (Å²) < 4.78 is 74.3. The van der Waals surface area contributed by atoms with E-state index in [1.54, 1.807) is 5.32 Å². The topological polar surface area (TPSA) is 145 Å². The number of nitrogens with zero attached hydrogens (tertiary/aromatic N) is 3. The number of aliphatic imine (C=N–C) groups is 1. The van der Waals surface area contributed by atoms with Gasteiger partial charge in [-0.05, 0) is 0 Å². The van der Waals surface area contributed by atoms with Gasteiger partial charge in [-0.15, -0.1) is 0 Å². The molecule has 1 rings (SSSR count). The second-order valence-corrected chi connectivity index (χ2v) is 8.98. The van der Waals surface area contributed by atoms with Crippen LogP contribution in [0.3, 0.4) is 0 Å². The highest BCUT2D eigenvalue weighted by Gasteiger charge is 2.38. The van der Waals surface area contributed by atoms with Crippen molar-refractivity contribution in [3.8, 4) is 0 Å². The van der Waals surface area contributed by atoms with Crippen molar-refractivity contribution in [3.63, 3.8) is 0 Å². The van der Waals surface area contributed by atoms with Crippen LogP contribution in [0, 0.1) is 0 Å². The molecule has 32 heavy (non-hydrogen) atoms. The molecule has 1 amide bonds. The Bertz CT molecular complexity index is 704. The van der Waals surface area contributed by atoms with E-state index in [0.717, 1.165) is 0 Å². The minimum Gasteiger partial charge on any atom is -0.377 e. The lowest BCUT2D eigenvalue weighted by Gasteiger charge is -2.25. The summed E-state index contributed by atoms with van der Waals surface area (Å²) in [5.74, 6) is 3.61. The zero-order valence-electron chi connectivity index (χ0n) is 17.7. The lowest BCUT2D eigenvalue weighted by Crippen LogP contribution is -2.43. The minimum atomic E-state index is -4.89. The van der Waals surface area contributed by atoms with Gasteiger partial charge in [0.1, 0.15) is 0 Å². The highest BCUT2D eigenvalue weighted by Crippen LogP contribution is 2.13. The molecule has 1 aliphatic rings. The number of amides is 1. The average molecular weight is 490 g/mol. The maximum absolute atomic E-state index is 11.9. The summed E-state index contributed by atoms with van der Waals surface area (Å²) in [6.07, 6.45) is -3.35. The van der Waals surface area contributed by atoms with E-state index in [0.29, 0.717) is 51.7 Å². The molecule has 1 aliphatic heterocycles. The van der Waals surface area contributed by atoms with Crippen molar-refractivity contribution in [1.29, 1.82) is 0 Å². The van der Waals surface area contributed by atoms with Gasteiger partial charge in [0.2, 0.25) is 0 Å². The second-order valence-electron chi connectivity index (χ2n) is 6.67. The predicted octanol–water partition coefficient (Wildman–Crippen LogP) is -1.17. The van der Waals surface area contributed by atoms with E-state index >= 15 is 0 Å². The van der Waals surface area contributed by atoms with Gasteiger partial charge in [-0.1, -0.05) is 0 Å². The monoisotopic (exact) mass is 489 g/mol. The van der Waals surface area contributed by atoms with E-state index in [2.05, 4.69) is 10.1 Å². The molecule has 0 aromatic rings. The Morgan fingerprint density at radius 1 is 1.03 bits per heavy atom. The van der Waals surface area contributed by atoms with E-state index in [1.807, 2.05) is 4.90 Å². The zero-order chi connectivity index (χ0) is 23.9. The summed E-state index contributed by atoms with van der Waals surface area (Å²) in [7, 11) is -2.93. The fourth-order valence-corrected chi connectivity index (χ4v) is 3.70. The first-order valence-corrected chi connectivity index (χ1v) is 11.7. The summed E-state index contributed by atoms with van der Waals surface area (Å²) in [5, 5.41) is 5.36. The molecule has 186 valence electrons. The van der Waals surface area contributed by atoms with E-state index < -0.39 is 21.9 Å². The summed E-state index contributed by atoms with van der Waals surface area (Å²) >= 11 is 0. The number of rotatable bonds is 15. The van der Waals surface area contributed by atoms with Gasteiger partial charge in [0.25, 0.3) is 0 Å². The number of hydrazone groups is 1. The van der Waals surface area contributed by atoms with Crippen LogP contribution in [0.5, 0.6) is 0 Å². The molecule has 1 fully saturated rings. The standard InChI is InChI=1S/C17H30F3N5O6S/c18-17(19,20)16(26)23-2-6-30-8-10-31-9-7-29-5-1-22-13-15(24-21)14-25-3-11-32(27,28)12-4-25/h13H,1-12,14,21H2,(H,23,26)/b22-13?,24-15+. The Balaban J connectivity index is 1.94. The molecule has 0 spiro atoms. The maximum atomic E-state index is 11.9. The molecule has 1 heterocycles. The molecular weight excluding hydrogens is 459 g/mol. The number of hydrogen-bond acceptors (Lipinski definition) is 10. The van der Waals surface area contributed by atoms with Gasteiger partial charge in [-0.3, -0.25) is 14.7 Å². The number of carbonyl (C=O) groups excluding carboxylic acids is 1. The van der Waals surface area contributed by atoms with Crippen molar-refractivity contribution < 1.29 is 40.6 Å². The van der Waals surface area contributed by atoms with Crippen molar-refractivity contribution in [2.24, 2.45) is 15.9 Å². The third-order valence-corrected chi connectivity index (χ3v) is 5.74. The van der Waals surface area contributed by atoms with Crippen LogP contribution in [0.1, 0.15) is 0 Å². The van der Waals surface area contributed by atoms with Crippen molar-refractivity contribution >= 4 is 27.7 Å². The fourth-order valence-electron chi connectivity index (χ4n) is 2.42. The maximum Gasteiger partial charge on any atom is 0.471 e. The first-order valence-electron chi connectivity index (χ1n) is 9.91. The smallest absolute Gasteiger partial charge is 0.377 e.